The van der Waals surface area contributed by atoms with Gasteiger partial charge in [-0.25, -0.2) is 4.79 Å². The molecule has 8 heteroatoms. The minimum absolute atomic E-state index is 0.194. The highest BCUT2D eigenvalue weighted by molar-refractivity contribution is 7.17. The van der Waals surface area contributed by atoms with E-state index in [-0.39, 0.29) is 18.0 Å². The van der Waals surface area contributed by atoms with Crippen LogP contribution in [-0.4, -0.2) is 15.0 Å². The Morgan fingerprint density at radius 3 is 2.69 bits per heavy atom. The topological polar surface area (TPSA) is 73.1 Å². The van der Waals surface area contributed by atoms with Crippen LogP contribution < -0.4 is 16.6 Å². The van der Waals surface area contributed by atoms with Crippen molar-refractivity contribution < 1.29 is 4.79 Å². The van der Waals surface area contributed by atoms with Gasteiger partial charge in [-0.3, -0.25) is 18.7 Å². The van der Waals surface area contributed by atoms with Crippen molar-refractivity contribution in [2.75, 3.05) is 5.32 Å². The minimum atomic E-state index is -0.479. The summed E-state index contributed by atoms with van der Waals surface area (Å²) in [5, 5.41) is 4.90. The van der Waals surface area contributed by atoms with E-state index >= 15 is 0 Å². The summed E-state index contributed by atoms with van der Waals surface area (Å²) in [5.74, 6) is -0.382. The van der Waals surface area contributed by atoms with E-state index in [1.807, 2.05) is 19.9 Å². The van der Waals surface area contributed by atoms with Gasteiger partial charge in [0.15, 0.2) is 0 Å². The molecular formula is C18H18ClN3O3S. The molecule has 1 N–H and O–H groups in total. The van der Waals surface area contributed by atoms with E-state index < -0.39 is 5.69 Å². The molecule has 3 aromatic rings. The van der Waals surface area contributed by atoms with Crippen molar-refractivity contribution in [1.82, 2.24) is 9.13 Å². The Morgan fingerprint density at radius 2 is 2.00 bits per heavy atom. The minimum Gasteiger partial charge on any atom is -0.323 e. The van der Waals surface area contributed by atoms with Gasteiger partial charge in [-0.05, 0) is 42.5 Å². The summed E-state index contributed by atoms with van der Waals surface area (Å²) in [7, 11) is 0. The molecule has 0 aliphatic carbocycles. The molecule has 3 rings (SSSR count). The van der Waals surface area contributed by atoms with E-state index in [1.54, 1.807) is 23.6 Å². The fraction of sp³-hybridized carbons (Fsp3) is 0.278. The summed E-state index contributed by atoms with van der Waals surface area (Å²) in [6.07, 6.45) is 0.650. The number of fused-ring (bicyclic) bond motifs is 1. The van der Waals surface area contributed by atoms with Crippen LogP contribution in [0.15, 0.2) is 39.2 Å². The number of aromatic nitrogens is 2. The van der Waals surface area contributed by atoms with Gasteiger partial charge in [0, 0.05) is 6.54 Å². The molecule has 0 fully saturated rings. The average Bonchev–Trinajstić information content (AvgIpc) is 3.08. The zero-order valence-corrected chi connectivity index (χ0v) is 16.0. The molecule has 26 heavy (non-hydrogen) atoms. The van der Waals surface area contributed by atoms with Crippen molar-refractivity contribution in [1.29, 1.82) is 0 Å². The molecule has 1 amide bonds. The highest BCUT2D eigenvalue weighted by Gasteiger charge is 2.16. The van der Waals surface area contributed by atoms with Gasteiger partial charge in [0.25, 0.3) is 5.56 Å². The third-order valence-electron chi connectivity index (χ3n) is 3.98. The molecular weight excluding hydrogens is 374 g/mol. The number of nitrogens with one attached hydrogen (secondary N) is 1. The first-order chi connectivity index (χ1) is 12.4. The molecule has 1 aromatic carbocycles. The lowest BCUT2D eigenvalue weighted by Gasteiger charge is -2.12. The van der Waals surface area contributed by atoms with Gasteiger partial charge < -0.3 is 5.32 Å². The molecule has 0 saturated carbocycles. The Labute approximate surface area is 158 Å². The number of thiophene rings is 1. The molecule has 136 valence electrons. The van der Waals surface area contributed by atoms with Crippen LogP contribution in [0.3, 0.4) is 0 Å². The van der Waals surface area contributed by atoms with E-state index in [9.17, 15) is 14.4 Å². The summed E-state index contributed by atoms with van der Waals surface area (Å²) in [6, 6.07) is 7.00. The third-order valence-corrected chi connectivity index (χ3v) is 5.19. The number of carbonyl (C=O) groups is 1. The van der Waals surface area contributed by atoms with Gasteiger partial charge in [0.05, 0.1) is 16.2 Å². The number of aryl methyl sites for hydroxylation is 1. The number of hydrogen-bond donors (Lipinski definition) is 1. The van der Waals surface area contributed by atoms with Gasteiger partial charge in [0.2, 0.25) is 5.91 Å². The third kappa shape index (κ3) is 3.45. The van der Waals surface area contributed by atoms with Gasteiger partial charge in [-0.2, -0.15) is 0 Å². The molecule has 0 aliphatic heterocycles. The number of amides is 1. The monoisotopic (exact) mass is 391 g/mol. The van der Waals surface area contributed by atoms with Crippen LogP contribution in [0.1, 0.15) is 18.9 Å². The molecule has 6 nitrogen and oxygen atoms in total. The van der Waals surface area contributed by atoms with Gasteiger partial charge in [-0.15, -0.1) is 11.3 Å². The molecule has 0 unspecified atom stereocenters. The van der Waals surface area contributed by atoms with Crippen molar-refractivity contribution in [2.45, 2.75) is 33.4 Å². The van der Waals surface area contributed by atoms with Crippen LogP contribution >= 0.6 is 22.9 Å². The van der Waals surface area contributed by atoms with Crippen molar-refractivity contribution >= 4 is 44.7 Å². The first kappa shape index (κ1) is 18.4. The van der Waals surface area contributed by atoms with Gasteiger partial charge in [-0.1, -0.05) is 24.6 Å². The number of halogens is 1. The van der Waals surface area contributed by atoms with E-state index in [4.69, 9.17) is 11.6 Å². The molecule has 0 radical (unpaired) electrons. The molecule has 0 spiro atoms. The maximum atomic E-state index is 12.7. The molecule has 2 aromatic heterocycles. The lowest BCUT2D eigenvalue weighted by molar-refractivity contribution is -0.116. The smallest absolute Gasteiger partial charge is 0.323 e. The number of anilines is 1. The highest BCUT2D eigenvalue weighted by atomic mass is 35.5. The normalized spacial score (nSPS) is 11.0. The van der Waals surface area contributed by atoms with Crippen molar-refractivity contribution in [3.8, 4) is 0 Å². The Morgan fingerprint density at radius 1 is 1.23 bits per heavy atom. The molecule has 0 atom stereocenters. The Bertz CT molecular complexity index is 1100. The van der Waals surface area contributed by atoms with E-state index in [2.05, 4.69) is 5.32 Å². The number of hydrogen-bond acceptors (Lipinski definition) is 4. The number of nitrogens with zero attached hydrogens (tertiary/aromatic N) is 2. The first-order valence-electron chi connectivity index (χ1n) is 8.19. The largest absolute Gasteiger partial charge is 0.332 e. The van der Waals surface area contributed by atoms with E-state index in [1.165, 1.54) is 20.5 Å². The van der Waals surface area contributed by atoms with Crippen molar-refractivity contribution in [3.63, 3.8) is 0 Å². The van der Waals surface area contributed by atoms with Gasteiger partial charge in [0.1, 0.15) is 11.2 Å². The zero-order valence-electron chi connectivity index (χ0n) is 14.4. The Balaban J connectivity index is 1.98. The fourth-order valence-corrected chi connectivity index (χ4v) is 3.89. The number of carbonyl (C=O) groups excluding carboxylic acids is 1. The molecule has 0 aliphatic rings. The van der Waals surface area contributed by atoms with Crippen LogP contribution in [0.2, 0.25) is 5.02 Å². The van der Waals surface area contributed by atoms with Crippen LogP contribution in [-0.2, 0) is 17.9 Å². The zero-order chi connectivity index (χ0) is 18.8. The second-order valence-electron chi connectivity index (χ2n) is 5.99. The van der Waals surface area contributed by atoms with Gasteiger partial charge >= 0.3 is 5.69 Å². The van der Waals surface area contributed by atoms with E-state index in [0.717, 1.165) is 5.56 Å². The first-order valence-corrected chi connectivity index (χ1v) is 9.45. The summed E-state index contributed by atoms with van der Waals surface area (Å²) >= 11 is 7.41. The predicted molar refractivity (Wildman–Crippen MR) is 105 cm³/mol. The van der Waals surface area contributed by atoms with E-state index in [0.29, 0.717) is 33.9 Å². The Kier molecular flexibility index (Phi) is 5.29. The highest BCUT2D eigenvalue weighted by Crippen LogP contribution is 2.23. The van der Waals surface area contributed by atoms with Crippen LogP contribution in [0, 0.1) is 6.92 Å². The average molecular weight is 392 g/mol. The summed E-state index contributed by atoms with van der Waals surface area (Å²) < 4.78 is 2.99. The summed E-state index contributed by atoms with van der Waals surface area (Å²) in [5.41, 5.74) is 1.16. The number of rotatable bonds is 5. The molecule has 0 bridgehead atoms. The second-order valence-corrected chi connectivity index (χ2v) is 7.32. The van der Waals surface area contributed by atoms with Crippen LogP contribution in [0.5, 0.6) is 0 Å². The molecule has 0 saturated heterocycles. The van der Waals surface area contributed by atoms with Crippen molar-refractivity contribution in [3.05, 3.63) is 61.1 Å². The second kappa shape index (κ2) is 7.47. The van der Waals surface area contributed by atoms with Crippen LogP contribution in [0.25, 0.3) is 10.2 Å². The summed E-state index contributed by atoms with van der Waals surface area (Å²) in [4.78, 5) is 37.6. The fourth-order valence-electron chi connectivity index (χ4n) is 2.76. The van der Waals surface area contributed by atoms with Crippen LogP contribution in [0.4, 0.5) is 5.69 Å². The Hall–Kier alpha value is -2.38. The lowest BCUT2D eigenvalue weighted by atomic mass is 10.2. The number of benzene rings is 1. The predicted octanol–water partition coefficient (Wildman–Crippen LogP) is 3.24. The maximum absolute atomic E-state index is 12.7. The quantitative estimate of drug-likeness (QED) is 0.725. The SMILES string of the molecule is CCCn1c(=O)c2sccc2n(CC(=O)Nc2ccc(C)cc2Cl)c1=O. The maximum Gasteiger partial charge on any atom is 0.332 e. The summed E-state index contributed by atoms with van der Waals surface area (Å²) in [6.45, 7) is 3.92. The lowest BCUT2D eigenvalue weighted by Crippen LogP contribution is -2.41. The van der Waals surface area contributed by atoms with Crippen molar-refractivity contribution in [2.24, 2.45) is 0 Å². The standard InChI is InChI=1S/C18H18ClN3O3S/c1-3-7-21-17(24)16-14(6-8-26-16)22(18(21)25)10-15(23)20-13-5-4-11(2)9-12(13)19/h4-6,8-9H,3,7,10H2,1-2H3,(H,20,23). The molecule has 2 heterocycles.